The molecule has 1 heterocycles. The minimum Gasteiger partial charge on any atom is -0.373 e. The first-order valence-electron chi connectivity index (χ1n) is 7.71. The van der Waals surface area contributed by atoms with Crippen LogP contribution in [0.2, 0.25) is 0 Å². The normalized spacial score (nSPS) is 24.9. The SMILES string of the molecule is NC1(C(=O)CC2OCCc3ccccc32)CCCCC1. The van der Waals surface area contributed by atoms with Crippen LogP contribution in [-0.2, 0) is 16.0 Å². The van der Waals surface area contributed by atoms with E-state index in [4.69, 9.17) is 10.5 Å². The van der Waals surface area contributed by atoms with Gasteiger partial charge in [-0.15, -0.1) is 0 Å². The van der Waals surface area contributed by atoms with Crippen molar-refractivity contribution in [3.8, 4) is 0 Å². The Kier molecular flexibility index (Phi) is 3.90. The average Bonchev–Trinajstić information content (AvgIpc) is 2.48. The van der Waals surface area contributed by atoms with E-state index in [1.807, 2.05) is 6.07 Å². The van der Waals surface area contributed by atoms with E-state index in [2.05, 4.69) is 18.2 Å². The van der Waals surface area contributed by atoms with Gasteiger partial charge in [0.2, 0.25) is 0 Å². The molecule has 1 aliphatic carbocycles. The standard InChI is InChI=1S/C17H23NO2/c18-17(9-4-1-5-10-17)16(19)12-15-14-7-3-2-6-13(14)8-11-20-15/h2-3,6-7,15H,1,4-5,8-12,18H2. The highest BCUT2D eigenvalue weighted by molar-refractivity contribution is 5.88. The molecule has 1 atom stereocenters. The molecule has 0 bridgehead atoms. The van der Waals surface area contributed by atoms with Gasteiger partial charge in [0.25, 0.3) is 0 Å². The second-order valence-electron chi connectivity index (χ2n) is 6.15. The fourth-order valence-electron chi connectivity index (χ4n) is 3.48. The highest BCUT2D eigenvalue weighted by Crippen LogP contribution is 2.34. The first-order valence-corrected chi connectivity index (χ1v) is 7.71. The van der Waals surface area contributed by atoms with Crippen molar-refractivity contribution in [3.05, 3.63) is 35.4 Å². The van der Waals surface area contributed by atoms with Crippen molar-refractivity contribution in [1.29, 1.82) is 0 Å². The summed E-state index contributed by atoms with van der Waals surface area (Å²) in [7, 11) is 0. The van der Waals surface area contributed by atoms with E-state index in [1.54, 1.807) is 0 Å². The van der Waals surface area contributed by atoms with Crippen LogP contribution in [0.4, 0.5) is 0 Å². The van der Waals surface area contributed by atoms with E-state index in [1.165, 1.54) is 17.5 Å². The molecule has 1 saturated carbocycles. The van der Waals surface area contributed by atoms with Gasteiger partial charge in [0.05, 0.1) is 18.2 Å². The number of rotatable bonds is 3. The molecule has 1 aromatic rings. The number of ether oxygens (including phenoxy) is 1. The van der Waals surface area contributed by atoms with Gasteiger partial charge in [-0.3, -0.25) is 4.79 Å². The smallest absolute Gasteiger partial charge is 0.155 e. The Morgan fingerprint density at radius 2 is 2.00 bits per heavy atom. The third-order valence-electron chi connectivity index (χ3n) is 4.76. The summed E-state index contributed by atoms with van der Waals surface area (Å²) in [6.07, 6.45) is 6.28. The minimum absolute atomic E-state index is 0.102. The lowest BCUT2D eigenvalue weighted by Crippen LogP contribution is -2.50. The third kappa shape index (κ3) is 2.65. The molecule has 3 rings (SSSR count). The first kappa shape index (κ1) is 13.8. The van der Waals surface area contributed by atoms with Crippen LogP contribution in [-0.4, -0.2) is 17.9 Å². The second-order valence-corrected chi connectivity index (χ2v) is 6.15. The molecule has 1 aromatic carbocycles. The molecule has 3 nitrogen and oxygen atoms in total. The van der Waals surface area contributed by atoms with Gasteiger partial charge >= 0.3 is 0 Å². The lowest BCUT2D eigenvalue weighted by Gasteiger charge is -2.34. The zero-order valence-corrected chi connectivity index (χ0v) is 11.9. The quantitative estimate of drug-likeness (QED) is 0.921. The van der Waals surface area contributed by atoms with Gasteiger partial charge in [0.15, 0.2) is 5.78 Å². The van der Waals surface area contributed by atoms with E-state index in [-0.39, 0.29) is 11.9 Å². The van der Waals surface area contributed by atoms with Gasteiger partial charge in [-0.05, 0) is 30.4 Å². The molecular weight excluding hydrogens is 250 g/mol. The number of hydrogen-bond donors (Lipinski definition) is 1. The van der Waals surface area contributed by atoms with Crippen molar-refractivity contribution >= 4 is 5.78 Å². The molecule has 0 radical (unpaired) electrons. The van der Waals surface area contributed by atoms with Crippen LogP contribution >= 0.6 is 0 Å². The number of fused-ring (bicyclic) bond motifs is 1. The third-order valence-corrected chi connectivity index (χ3v) is 4.76. The molecule has 20 heavy (non-hydrogen) atoms. The fraction of sp³-hybridized carbons (Fsp3) is 0.588. The van der Waals surface area contributed by atoms with Crippen LogP contribution in [0.25, 0.3) is 0 Å². The summed E-state index contributed by atoms with van der Waals surface area (Å²) in [5.41, 5.74) is 8.22. The Bertz CT molecular complexity index is 492. The maximum atomic E-state index is 12.6. The van der Waals surface area contributed by atoms with Crippen LogP contribution in [0, 0.1) is 0 Å². The average molecular weight is 273 g/mol. The van der Waals surface area contributed by atoms with Crippen molar-refractivity contribution in [3.63, 3.8) is 0 Å². The van der Waals surface area contributed by atoms with Crippen LogP contribution in [0.3, 0.4) is 0 Å². The monoisotopic (exact) mass is 273 g/mol. The van der Waals surface area contributed by atoms with E-state index in [0.717, 1.165) is 32.1 Å². The highest BCUT2D eigenvalue weighted by atomic mass is 16.5. The minimum atomic E-state index is -0.603. The molecule has 2 aliphatic rings. The molecule has 0 amide bonds. The van der Waals surface area contributed by atoms with E-state index < -0.39 is 5.54 Å². The topological polar surface area (TPSA) is 52.3 Å². The van der Waals surface area contributed by atoms with Crippen molar-refractivity contribution in [1.82, 2.24) is 0 Å². The molecular formula is C17H23NO2. The maximum absolute atomic E-state index is 12.6. The summed E-state index contributed by atoms with van der Waals surface area (Å²) >= 11 is 0. The molecule has 0 saturated heterocycles. The number of nitrogens with two attached hydrogens (primary N) is 1. The molecule has 1 aliphatic heterocycles. The number of Topliss-reactive ketones (excluding diaryl/α,β-unsaturated/α-hetero) is 1. The first-order chi connectivity index (χ1) is 9.69. The van der Waals surface area contributed by atoms with Gasteiger partial charge in [-0.2, -0.15) is 0 Å². The Labute approximate surface area is 120 Å². The maximum Gasteiger partial charge on any atom is 0.155 e. The zero-order chi connectivity index (χ0) is 14.0. The van der Waals surface area contributed by atoms with Gasteiger partial charge in [0.1, 0.15) is 0 Å². The number of hydrogen-bond acceptors (Lipinski definition) is 3. The summed E-state index contributed by atoms with van der Waals surface area (Å²) in [5, 5.41) is 0. The van der Waals surface area contributed by atoms with Gasteiger partial charge in [0, 0.05) is 6.42 Å². The Morgan fingerprint density at radius 1 is 1.25 bits per heavy atom. The predicted molar refractivity (Wildman–Crippen MR) is 78.5 cm³/mol. The summed E-state index contributed by atoms with van der Waals surface area (Å²) < 4.78 is 5.83. The highest BCUT2D eigenvalue weighted by Gasteiger charge is 2.37. The second kappa shape index (κ2) is 5.66. The fourth-order valence-corrected chi connectivity index (χ4v) is 3.48. The summed E-state index contributed by atoms with van der Waals surface area (Å²) in [6, 6.07) is 8.28. The number of carbonyl (C=O) groups is 1. The van der Waals surface area contributed by atoms with Crippen LogP contribution in [0.15, 0.2) is 24.3 Å². The largest absolute Gasteiger partial charge is 0.373 e. The van der Waals surface area contributed by atoms with Crippen molar-refractivity contribution in [2.45, 2.75) is 56.6 Å². The van der Waals surface area contributed by atoms with Crippen LogP contribution in [0.5, 0.6) is 0 Å². The molecule has 1 unspecified atom stereocenters. The number of carbonyl (C=O) groups excluding carboxylic acids is 1. The Hall–Kier alpha value is -1.19. The molecule has 0 aromatic heterocycles. The predicted octanol–water partition coefficient (Wildman–Crippen LogP) is 2.92. The van der Waals surface area contributed by atoms with E-state index >= 15 is 0 Å². The van der Waals surface area contributed by atoms with Crippen molar-refractivity contribution in [2.24, 2.45) is 5.73 Å². The Balaban J connectivity index is 1.74. The van der Waals surface area contributed by atoms with Crippen LogP contribution < -0.4 is 5.73 Å². The number of benzene rings is 1. The van der Waals surface area contributed by atoms with Crippen molar-refractivity contribution < 1.29 is 9.53 Å². The summed E-state index contributed by atoms with van der Waals surface area (Å²) in [4.78, 5) is 12.6. The molecule has 3 heteroatoms. The molecule has 0 spiro atoms. The molecule has 1 fully saturated rings. The van der Waals surface area contributed by atoms with Gasteiger partial charge < -0.3 is 10.5 Å². The molecule has 2 N–H and O–H groups in total. The van der Waals surface area contributed by atoms with E-state index in [9.17, 15) is 4.79 Å². The lowest BCUT2D eigenvalue weighted by molar-refractivity contribution is -0.128. The zero-order valence-electron chi connectivity index (χ0n) is 11.9. The summed E-state index contributed by atoms with van der Waals surface area (Å²) in [6.45, 7) is 0.701. The van der Waals surface area contributed by atoms with Crippen molar-refractivity contribution in [2.75, 3.05) is 6.61 Å². The van der Waals surface area contributed by atoms with Gasteiger partial charge in [-0.1, -0.05) is 43.5 Å². The van der Waals surface area contributed by atoms with E-state index in [0.29, 0.717) is 13.0 Å². The summed E-state index contributed by atoms with van der Waals surface area (Å²) in [5.74, 6) is 0.180. The van der Waals surface area contributed by atoms with Gasteiger partial charge in [-0.25, -0.2) is 0 Å². The number of ketones is 1. The molecule has 108 valence electrons. The van der Waals surface area contributed by atoms with Crippen LogP contribution in [0.1, 0.15) is 55.8 Å². The Morgan fingerprint density at radius 3 is 2.80 bits per heavy atom. The lowest BCUT2D eigenvalue weighted by atomic mass is 9.77.